The zero-order chi connectivity index (χ0) is 15.8. The van der Waals surface area contributed by atoms with Crippen molar-refractivity contribution in [3.05, 3.63) is 20.8 Å². The van der Waals surface area contributed by atoms with E-state index in [1.807, 2.05) is 11.4 Å². The van der Waals surface area contributed by atoms with Gasteiger partial charge >= 0.3 is 18.0 Å². The van der Waals surface area contributed by atoms with Crippen LogP contribution < -0.4 is 10.6 Å². The summed E-state index contributed by atoms with van der Waals surface area (Å²) in [5.41, 5.74) is 0. The highest BCUT2D eigenvalue weighted by atomic mass is 79.9. The molecule has 0 fully saturated rings. The van der Waals surface area contributed by atoms with Crippen LogP contribution >= 0.6 is 27.3 Å². The molecule has 116 valence electrons. The van der Waals surface area contributed by atoms with Crippen LogP contribution in [0.25, 0.3) is 0 Å². The molecule has 0 aliphatic rings. The predicted octanol–water partition coefficient (Wildman–Crippen LogP) is 1.72. The lowest BCUT2D eigenvalue weighted by Crippen LogP contribution is -2.45. The van der Waals surface area contributed by atoms with E-state index in [4.69, 9.17) is 5.11 Å². The number of carbonyl (C=O) groups excluding carboxylic acids is 2. The molecule has 0 bridgehead atoms. The Bertz CT molecular complexity index is 520. The molecule has 1 atom stereocenters. The van der Waals surface area contributed by atoms with E-state index in [9.17, 15) is 14.4 Å². The van der Waals surface area contributed by atoms with Crippen molar-refractivity contribution in [2.45, 2.75) is 25.4 Å². The summed E-state index contributed by atoms with van der Waals surface area (Å²) in [7, 11) is 1.22. The molecule has 3 N–H and O–H groups in total. The highest BCUT2D eigenvalue weighted by Crippen LogP contribution is 2.19. The summed E-state index contributed by atoms with van der Waals surface area (Å²) in [5, 5.41) is 15.7. The number of amides is 2. The minimum atomic E-state index is -1.20. The van der Waals surface area contributed by atoms with Gasteiger partial charge < -0.3 is 20.5 Å². The van der Waals surface area contributed by atoms with E-state index < -0.39 is 24.0 Å². The minimum Gasteiger partial charge on any atom is -0.480 e. The number of urea groups is 1. The zero-order valence-corrected chi connectivity index (χ0v) is 13.6. The van der Waals surface area contributed by atoms with Crippen molar-refractivity contribution in [3.63, 3.8) is 0 Å². The van der Waals surface area contributed by atoms with Crippen LogP contribution in [-0.4, -0.2) is 36.2 Å². The molecule has 0 aromatic carbocycles. The van der Waals surface area contributed by atoms with Crippen LogP contribution in [0.3, 0.4) is 0 Å². The van der Waals surface area contributed by atoms with Crippen molar-refractivity contribution in [1.29, 1.82) is 0 Å². The number of esters is 1. The average molecular weight is 379 g/mol. The van der Waals surface area contributed by atoms with E-state index in [1.165, 1.54) is 18.4 Å². The fraction of sp³-hybridized carbons (Fsp3) is 0.417. The molecular formula is C12H15BrN2O5S. The predicted molar refractivity (Wildman–Crippen MR) is 80.1 cm³/mol. The molecule has 9 heteroatoms. The Hall–Kier alpha value is -1.61. The number of thiophene rings is 1. The maximum absolute atomic E-state index is 11.6. The normalized spacial score (nSPS) is 11.5. The van der Waals surface area contributed by atoms with Gasteiger partial charge in [0.05, 0.1) is 13.7 Å². The average Bonchev–Trinajstić information content (AvgIpc) is 2.86. The van der Waals surface area contributed by atoms with Crippen LogP contribution in [0.1, 0.15) is 17.7 Å². The smallest absolute Gasteiger partial charge is 0.326 e. The van der Waals surface area contributed by atoms with Crippen molar-refractivity contribution in [2.75, 3.05) is 7.11 Å². The molecule has 0 aliphatic heterocycles. The van der Waals surface area contributed by atoms with Crippen LogP contribution in [0.5, 0.6) is 0 Å². The van der Waals surface area contributed by atoms with Gasteiger partial charge in [-0.25, -0.2) is 9.59 Å². The Labute approximate surface area is 133 Å². The molecular weight excluding hydrogens is 364 g/mol. The summed E-state index contributed by atoms with van der Waals surface area (Å²) >= 11 is 4.77. The third kappa shape index (κ3) is 6.58. The molecule has 2 amide bonds. The number of methoxy groups -OCH3 is 1. The van der Waals surface area contributed by atoms with Gasteiger partial charge in [-0.2, -0.15) is 0 Å². The summed E-state index contributed by atoms with van der Waals surface area (Å²) in [6.45, 7) is 0.297. The van der Waals surface area contributed by atoms with E-state index in [0.717, 1.165) is 9.35 Å². The topological polar surface area (TPSA) is 105 Å². The first-order valence-electron chi connectivity index (χ1n) is 5.99. The molecule has 21 heavy (non-hydrogen) atoms. The molecule has 1 aromatic heterocycles. The fourth-order valence-corrected chi connectivity index (χ4v) is 2.84. The molecule has 0 spiro atoms. The molecule has 1 heterocycles. The number of ether oxygens (including phenoxy) is 1. The number of halogens is 1. The largest absolute Gasteiger partial charge is 0.480 e. The number of carboxylic acid groups (broad SMARTS) is 1. The lowest BCUT2D eigenvalue weighted by molar-refractivity contribution is -0.142. The van der Waals surface area contributed by atoms with Gasteiger partial charge in [0.2, 0.25) is 0 Å². The quantitative estimate of drug-likeness (QED) is 0.626. The summed E-state index contributed by atoms with van der Waals surface area (Å²) in [5.74, 6) is -1.72. The summed E-state index contributed by atoms with van der Waals surface area (Å²) in [4.78, 5) is 34.6. The van der Waals surface area contributed by atoms with Gasteiger partial charge in [0.1, 0.15) is 6.04 Å². The van der Waals surface area contributed by atoms with Crippen molar-refractivity contribution < 1.29 is 24.2 Å². The standard InChI is InChI=1S/C12H15BrN2O5S/c1-20-10(16)3-2-9(11(17)18)15-12(19)14-5-8-4-7(13)6-21-8/h4,6,9H,2-3,5H2,1H3,(H,17,18)(H2,14,15,19)/t9-/m0/s1. The number of aliphatic carboxylic acids is 1. The Morgan fingerprint density at radius 1 is 1.48 bits per heavy atom. The number of carbonyl (C=O) groups is 3. The van der Waals surface area contributed by atoms with E-state index in [0.29, 0.717) is 6.54 Å². The number of rotatable bonds is 7. The van der Waals surface area contributed by atoms with Crippen LogP contribution in [0.4, 0.5) is 4.79 Å². The highest BCUT2D eigenvalue weighted by molar-refractivity contribution is 9.10. The zero-order valence-electron chi connectivity index (χ0n) is 11.2. The third-order valence-corrected chi connectivity index (χ3v) is 4.21. The summed E-state index contributed by atoms with van der Waals surface area (Å²) < 4.78 is 5.35. The van der Waals surface area contributed by atoms with Crippen LogP contribution in [-0.2, 0) is 20.9 Å². The van der Waals surface area contributed by atoms with Gasteiger partial charge in [-0.05, 0) is 28.4 Å². The Morgan fingerprint density at radius 2 is 2.19 bits per heavy atom. The van der Waals surface area contributed by atoms with E-state index >= 15 is 0 Å². The molecule has 0 aliphatic carbocycles. The van der Waals surface area contributed by atoms with Gasteiger partial charge in [0.25, 0.3) is 0 Å². The first-order valence-corrected chi connectivity index (χ1v) is 7.66. The summed E-state index contributed by atoms with van der Waals surface area (Å²) in [6.07, 6.45) is -0.106. The van der Waals surface area contributed by atoms with E-state index in [1.54, 1.807) is 0 Å². The molecule has 0 radical (unpaired) electrons. The third-order valence-electron chi connectivity index (χ3n) is 2.51. The summed E-state index contributed by atoms with van der Waals surface area (Å²) in [6, 6.07) is 0.118. The fourth-order valence-electron chi connectivity index (χ4n) is 1.44. The van der Waals surface area contributed by atoms with Gasteiger partial charge in [-0.1, -0.05) is 0 Å². The van der Waals surface area contributed by atoms with Crippen molar-refractivity contribution in [3.8, 4) is 0 Å². The SMILES string of the molecule is COC(=O)CC[C@H](NC(=O)NCc1cc(Br)cs1)C(=O)O. The first-order chi connectivity index (χ1) is 9.92. The Kier molecular flexibility index (Phi) is 7.17. The molecule has 0 unspecified atom stereocenters. The van der Waals surface area contributed by atoms with Crippen molar-refractivity contribution >= 4 is 45.2 Å². The van der Waals surface area contributed by atoms with Gasteiger partial charge in [0.15, 0.2) is 0 Å². The minimum absolute atomic E-state index is 0.0278. The molecule has 1 aromatic rings. The maximum Gasteiger partial charge on any atom is 0.326 e. The van der Waals surface area contributed by atoms with Gasteiger partial charge in [0, 0.05) is 21.2 Å². The lowest BCUT2D eigenvalue weighted by atomic mass is 10.1. The lowest BCUT2D eigenvalue weighted by Gasteiger charge is -2.14. The number of hydrogen-bond donors (Lipinski definition) is 3. The number of carboxylic acids is 1. The van der Waals surface area contributed by atoms with Crippen LogP contribution in [0.2, 0.25) is 0 Å². The highest BCUT2D eigenvalue weighted by Gasteiger charge is 2.21. The molecule has 0 saturated heterocycles. The van der Waals surface area contributed by atoms with Gasteiger partial charge in [-0.3, -0.25) is 4.79 Å². The maximum atomic E-state index is 11.6. The first kappa shape index (κ1) is 17.4. The monoisotopic (exact) mass is 378 g/mol. The van der Waals surface area contributed by atoms with Crippen molar-refractivity contribution in [1.82, 2.24) is 10.6 Å². The molecule has 0 saturated carbocycles. The second-order valence-electron chi connectivity index (χ2n) is 4.06. The Morgan fingerprint density at radius 3 is 2.71 bits per heavy atom. The van der Waals surface area contributed by atoms with Crippen LogP contribution in [0.15, 0.2) is 15.9 Å². The number of hydrogen-bond acceptors (Lipinski definition) is 5. The molecule has 7 nitrogen and oxygen atoms in total. The second-order valence-corrected chi connectivity index (χ2v) is 5.98. The Balaban J connectivity index is 2.41. The van der Waals surface area contributed by atoms with Crippen molar-refractivity contribution in [2.24, 2.45) is 0 Å². The van der Waals surface area contributed by atoms with Gasteiger partial charge in [-0.15, -0.1) is 11.3 Å². The van der Waals surface area contributed by atoms with Crippen LogP contribution in [0, 0.1) is 0 Å². The van der Waals surface area contributed by atoms with E-state index in [2.05, 4.69) is 31.3 Å². The molecule has 1 rings (SSSR count). The second kappa shape index (κ2) is 8.63. The number of nitrogens with one attached hydrogen (secondary N) is 2. The van der Waals surface area contributed by atoms with E-state index in [-0.39, 0.29) is 12.8 Å².